The molecule has 0 bridgehead atoms. The highest BCUT2D eigenvalue weighted by Crippen LogP contribution is 2.14. The molecule has 2 rings (SSSR count). The van der Waals surface area contributed by atoms with Crippen molar-refractivity contribution < 1.29 is 9.90 Å². The molecule has 1 aromatic carbocycles. The normalized spacial score (nSPS) is 10.8. The zero-order chi connectivity index (χ0) is 13.3. The van der Waals surface area contributed by atoms with Gasteiger partial charge >= 0.3 is 0 Å². The Morgan fingerprint density at radius 3 is 2.72 bits per heavy atom. The van der Waals surface area contributed by atoms with E-state index in [1.807, 2.05) is 13.8 Å². The minimum Gasteiger partial charge on any atom is -0.545 e. The van der Waals surface area contributed by atoms with Crippen molar-refractivity contribution in [2.45, 2.75) is 26.7 Å². The standard InChI is InChI=1S/C14H15NO3/c1-3-4-10-8(2)15-12-6-5-9(14(17)18)7-11(12)13(10)16/h5-7H,3-4H2,1-2H3,(H,15,16)(H,17,18)/p-1. The molecule has 0 saturated heterocycles. The number of aryl methyl sites for hydroxylation is 1. The molecule has 2 aromatic rings. The number of fused-ring (bicyclic) bond motifs is 1. The van der Waals surface area contributed by atoms with Gasteiger partial charge in [-0.1, -0.05) is 19.4 Å². The monoisotopic (exact) mass is 244 g/mol. The number of hydrogen-bond acceptors (Lipinski definition) is 3. The van der Waals surface area contributed by atoms with Crippen LogP contribution in [0, 0.1) is 6.92 Å². The molecule has 0 aliphatic carbocycles. The van der Waals surface area contributed by atoms with E-state index in [-0.39, 0.29) is 11.0 Å². The quantitative estimate of drug-likeness (QED) is 0.880. The topological polar surface area (TPSA) is 73.0 Å². The van der Waals surface area contributed by atoms with Crippen molar-refractivity contribution in [2.24, 2.45) is 0 Å². The zero-order valence-corrected chi connectivity index (χ0v) is 10.4. The van der Waals surface area contributed by atoms with Gasteiger partial charge in [0.2, 0.25) is 0 Å². The Morgan fingerprint density at radius 2 is 2.11 bits per heavy atom. The molecular weight excluding hydrogens is 230 g/mol. The third kappa shape index (κ3) is 2.01. The molecule has 0 aliphatic heterocycles. The fourth-order valence-corrected chi connectivity index (χ4v) is 2.13. The Bertz CT molecular complexity index is 671. The molecule has 0 amide bonds. The fraction of sp³-hybridized carbons (Fsp3) is 0.286. The highest BCUT2D eigenvalue weighted by molar-refractivity contribution is 5.92. The average molecular weight is 244 g/mol. The molecule has 94 valence electrons. The lowest BCUT2D eigenvalue weighted by Crippen LogP contribution is -2.22. The number of hydrogen-bond donors (Lipinski definition) is 1. The van der Waals surface area contributed by atoms with Crippen molar-refractivity contribution in [3.8, 4) is 0 Å². The number of aromatic carboxylic acids is 1. The van der Waals surface area contributed by atoms with E-state index in [0.29, 0.717) is 17.3 Å². The highest BCUT2D eigenvalue weighted by Gasteiger charge is 2.09. The summed E-state index contributed by atoms with van der Waals surface area (Å²) in [6, 6.07) is 4.42. The SMILES string of the molecule is CCCc1c(C)[nH]c2ccc(C(=O)[O-])cc2c1=O. The molecular formula is C14H14NO3-. The molecule has 4 heteroatoms. The van der Waals surface area contributed by atoms with E-state index in [4.69, 9.17) is 0 Å². The molecule has 0 spiro atoms. The summed E-state index contributed by atoms with van der Waals surface area (Å²) >= 11 is 0. The van der Waals surface area contributed by atoms with Gasteiger partial charge in [0.25, 0.3) is 0 Å². The first-order valence-electron chi connectivity index (χ1n) is 5.91. The molecule has 1 heterocycles. The number of aromatic amines is 1. The summed E-state index contributed by atoms with van der Waals surface area (Å²) in [6.07, 6.45) is 1.56. The predicted molar refractivity (Wildman–Crippen MR) is 67.6 cm³/mol. The van der Waals surface area contributed by atoms with Crippen LogP contribution in [-0.2, 0) is 6.42 Å². The number of carbonyl (C=O) groups is 1. The van der Waals surface area contributed by atoms with Crippen LogP contribution in [-0.4, -0.2) is 11.0 Å². The summed E-state index contributed by atoms with van der Waals surface area (Å²) in [5, 5.41) is 11.2. The molecule has 0 aliphatic rings. The number of carbonyl (C=O) groups excluding carboxylic acids is 1. The van der Waals surface area contributed by atoms with E-state index in [1.54, 1.807) is 6.07 Å². The summed E-state index contributed by atoms with van der Waals surface area (Å²) in [5.74, 6) is -1.27. The minimum absolute atomic E-state index is 0.0271. The van der Waals surface area contributed by atoms with Crippen LogP contribution in [0.3, 0.4) is 0 Å². The van der Waals surface area contributed by atoms with Gasteiger partial charge in [0.15, 0.2) is 5.43 Å². The second kappa shape index (κ2) is 4.64. The van der Waals surface area contributed by atoms with E-state index in [0.717, 1.165) is 17.7 Å². The van der Waals surface area contributed by atoms with Crippen LogP contribution in [0.2, 0.25) is 0 Å². The second-order valence-corrected chi connectivity index (χ2v) is 4.36. The lowest BCUT2D eigenvalue weighted by Gasteiger charge is -2.09. The molecule has 0 radical (unpaired) electrons. The number of pyridine rings is 1. The maximum absolute atomic E-state index is 12.3. The van der Waals surface area contributed by atoms with E-state index in [2.05, 4.69) is 4.98 Å². The van der Waals surface area contributed by atoms with E-state index >= 15 is 0 Å². The van der Waals surface area contributed by atoms with Crippen LogP contribution < -0.4 is 10.5 Å². The molecule has 0 unspecified atom stereocenters. The van der Waals surface area contributed by atoms with E-state index in [1.165, 1.54) is 12.1 Å². The largest absolute Gasteiger partial charge is 0.545 e. The van der Waals surface area contributed by atoms with Gasteiger partial charge < -0.3 is 14.9 Å². The second-order valence-electron chi connectivity index (χ2n) is 4.36. The Balaban J connectivity index is 2.77. The number of H-pyrrole nitrogens is 1. The number of carboxylic acids is 1. The molecule has 1 N–H and O–H groups in total. The van der Waals surface area contributed by atoms with Crippen molar-refractivity contribution in [3.63, 3.8) is 0 Å². The first kappa shape index (κ1) is 12.4. The maximum atomic E-state index is 12.3. The van der Waals surface area contributed by atoms with Gasteiger partial charge in [-0.15, -0.1) is 0 Å². The summed E-state index contributed by atoms with van der Waals surface area (Å²) in [5.41, 5.74) is 2.16. The third-order valence-corrected chi connectivity index (χ3v) is 3.05. The Hall–Kier alpha value is -2.10. The van der Waals surface area contributed by atoms with Gasteiger partial charge in [-0.25, -0.2) is 0 Å². The van der Waals surface area contributed by atoms with Gasteiger partial charge in [-0.05, 0) is 31.0 Å². The highest BCUT2D eigenvalue weighted by atomic mass is 16.4. The first-order valence-corrected chi connectivity index (χ1v) is 5.91. The van der Waals surface area contributed by atoms with E-state index in [9.17, 15) is 14.7 Å². The Labute approximate surface area is 104 Å². The third-order valence-electron chi connectivity index (χ3n) is 3.05. The summed E-state index contributed by atoms with van der Waals surface area (Å²) in [4.78, 5) is 26.2. The molecule has 1 aromatic heterocycles. The number of carboxylic acid groups (broad SMARTS) is 1. The summed E-state index contributed by atoms with van der Waals surface area (Å²) < 4.78 is 0. The van der Waals surface area contributed by atoms with Crippen LogP contribution in [0.5, 0.6) is 0 Å². The number of nitrogens with one attached hydrogen (secondary N) is 1. The lowest BCUT2D eigenvalue weighted by atomic mass is 10.0. The molecule has 0 fully saturated rings. The average Bonchev–Trinajstić information content (AvgIpc) is 2.34. The van der Waals surface area contributed by atoms with Crippen LogP contribution in [0.1, 0.15) is 35.0 Å². The predicted octanol–water partition coefficient (Wildman–Crippen LogP) is 1.15. The summed E-state index contributed by atoms with van der Waals surface area (Å²) in [6.45, 7) is 3.86. The van der Waals surface area contributed by atoms with Crippen LogP contribution in [0.25, 0.3) is 10.9 Å². The van der Waals surface area contributed by atoms with Gasteiger partial charge in [-0.2, -0.15) is 0 Å². The van der Waals surface area contributed by atoms with Gasteiger partial charge in [0.1, 0.15) is 0 Å². The maximum Gasteiger partial charge on any atom is 0.192 e. The van der Waals surface area contributed by atoms with Crippen molar-refractivity contribution >= 4 is 16.9 Å². The lowest BCUT2D eigenvalue weighted by molar-refractivity contribution is -0.255. The van der Waals surface area contributed by atoms with Crippen molar-refractivity contribution in [3.05, 3.63) is 45.2 Å². The molecule has 4 nitrogen and oxygen atoms in total. The number of benzene rings is 1. The van der Waals surface area contributed by atoms with Gasteiger partial charge in [-0.3, -0.25) is 4.79 Å². The van der Waals surface area contributed by atoms with Crippen molar-refractivity contribution in [1.29, 1.82) is 0 Å². The number of rotatable bonds is 3. The first-order chi connectivity index (χ1) is 8.54. The zero-order valence-electron chi connectivity index (χ0n) is 10.4. The number of aromatic nitrogens is 1. The van der Waals surface area contributed by atoms with Crippen LogP contribution >= 0.6 is 0 Å². The Morgan fingerprint density at radius 1 is 1.39 bits per heavy atom. The molecule has 18 heavy (non-hydrogen) atoms. The molecule has 0 saturated carbocycles. The van der Waals surface area contributed by atoms with Crippen molar-refractivity contribution in [1.82, 2.24) is 4.98 Å². The van der Waals surface area contributed by atoms with Crippen LogP contribution in [0.15, 0.2) is 23.0 Å². The fourth-order valence-electron chi connectivity index (χ4n) is 2.13. The van der Waals surface area contributed by atoms with Crippen LogP contribution in [0.4, 0.5) is 0 Å². The van der Waals surface area contributed by atoms with Gasteiger partial charge in [0, 0.05) is 22.2 Å². The van der Waals surface area contributed by atoms with Gasteiger partial charge in [0.05, 0.1) is 5.97 Å². The minimum atomic E-state index is -1.27. The summed E-state index contributed by atoms with van der Waals surface area (Å²) in [7, 11) is 0. The van der Waals surface area contributed by atoms with Crippen molar-refractivity contribution in [2.75, 3.05) is 0 Å². The Kier molecular flexibility index (Phi) is 3.19. The van der Waals surface area contributed by atoms with E-state index < -0.39 is 5.97 Å². The molecule has 0 atom stereocenters. The smallest absolute Gasteiger partial charge is 0.192 e.